The fraction of sp³-hybridized carbons (Fsp3) is 0.148. The van der Waals surface area contributed by atoms with Crippen LogP contribution in [0.4, 0.5) is 5.13 Å². The number of hydrogen-bond acceptors (Lipinski definition) is 9. The number of nitrogens with one attached hydrogen (secondary N) is 1. The number of carbonyl (C=O) groups is 1. The van der Waals surface area contributed by atoms with Gasteiger partial charge in [0.2, 0.25) is 11.1 Å². The Labute approximate surface area is 222 Å². The van der Waals surface area contributed by atoms with Crippen LogP contribution in [-0.2, 0) is 4.79 Å². The summed E-state index contributed by atoms with van der Waals surface area (Å²) in [5.74, 6) is 1.31. The molecule has 0 fully saturated rings. The molecule has 0 saturated heterocycles. The summed E-state index contributed by atoms with van der Waals surface area (Å²) in [6.45, 7) is 1.81. The van der Waals surface area contributed by atoms with Crippen molar-refractivity contribution in [2.24, 2.45) is 0 Å². The summed E-state index contributed by atoms with van der Waals surface area (Å²) in [4.78, 5) is 22.2. The molecule has 0 aliphatic rings. The zero-order valence-corrected chi connectivity index (χ0v) is 22.0. The Morgan fingerprint density at radius 3 is 2.08 bits per heavy atom. The Balaban J connectivity index is 1.41. The highest BCUT2D eigenvalue weighted by Gasteiger charge is 2.20. The number of rotatable bonds is 8. The summed E-state index contributed by atoms with van der Waals surface area (Å²) < 4.78 is 11.6. The van der Waals surface area contributed by atoms with E-state index in [1.54, 1.807) is 21.1 Å². The van der Waals surface area contributed by atoms with E-state index in [-0.39, 0.29) is 5.91 Å². The van der Waals surface area contributed by atoms with Gasteiger partial charge >= 0.3 is 0 Å². The van der Waals surface area contributed by atoms with Crippen LogP contribution in [-0.4, -0.2) is 45.5 Å². The maximum atomic E-state index is 12.9. The van der Waals surface area contributed by atoms with Crippen LogP contribution in [0, 0.1) is 0 Å². The SMILES string of the molecule is COc1ccc(-c2nnc(SC(C)C(=O)Nc3nc4ccccc4s3)nc2-c2ccc(OC)cc2)cc1. The van der Waals surface area contributed by atoms with E-state index >= 15 is 0 Å². The second kappa shape index (κ2) is 10.9. The highest BCUT2D eigenvalue weighted by molar-refractivity contribution is 8.00. The van der Waals surface area contributed by atoms with E-state index in [4.69, 9.17) is 14.5 Å². The van der Waals surface area contributed by atoms with Gasteiger partial charge in [-0.15, -0.1) is 10.2 Å². The number of hydrogen-bond donors (Lipinski definition) is 1. The fourth-order valence-electron chi connectivity index (χ4n) is 3.60. The van der Waals surface area contributed by atoms with Gasteiger partial charge in [-0.05, 0) is 67.6 Å². The number of carbonyl (C=O) groups excluding carboxylic acids is 1. The number of methoxy groups -OCH3 is 2. The molecule has 37 heavy (non-hydrogen) atoms. The van der Waals surface area contributed by atoms with E-state index in [2.05, 4.69) is 20.5 Å². The molecule has 2 heterocycles. The quantitative estimate of drug-likeness (QED) is 0.246. The van der Waals surface area contributed by atoms with E-state index in [0.29, 0.717) is 21.7 Å². The number of benzene rings is 3. The number of amides is 1. The predicted octanol–water partition coefficient (Wildman–Crippen LogP) is 5.95. The lowest BCUT2D eigenvalue weighted by Gasteiger charge is -2.12. The normalized spacial score (nSPS) is 11.8. The Morgan fingerprint density at radius 2 is 1.46 bits per heavy atom. The fourth-order valence-corrected chi connectivity index (χ4v) is 5.18. The van der Waals surface area contributed by atoms with E-state index in [9.17, 15) is 4.79 Å². The number of para-hydroxylation sites is 1. The van der Waals surface area contributed by atoms with Crippen molar-refractivity contribution in [1.29, 1.82) is 0 Å². The summed E-state index contributed by atoms with van der Waals surface area (Å²) in [5, 5.41) is 12.2. The van der Waals surface area contributed by atoms with Crippen molar-refractivity contribution >= 4 is 44.4 Å². The number of anilines is 1. The van der Waals surface area contributed by atoms with Crippen LogP contribution in [0.2, 0.25) is 0 Å². The molecule has 0 bridgehead atoms. The van der Waals surface area contributed by atoms with Gasteiger partial charge in [-0.3, -0.25) is 4.79 Å². The summed E-state index contributed by atoms with van der Waals surface area (Å²) in [6.07, 6.45) is 0. The minimum Gasteiger partial charge on any atom is -0.497 e. The molecule has 1 unspecified atom stereocenters. The van der Waals surface area contributed by atoms with E-state index in [1.807, 2.05) is 72.8 Å². The van der Waals surface area contributed by atoms with Gasteiger partial charge in [-0.25, -0.2) is 9.97 Å². The summed E-state index contributed by atoms with van der Waals surface area (Å²) in [5.41, 5.74) is 3.85. The van der Waals surface area contributed by atoms with E-state index in [1.165, 1.54) is 23.1 Å². The monoisotopic (exact) mass is 529 g/mol. The molecule has 2 aromatic heterocycles. The standard InChI is InChI=1S/C27H23N5O3S2/c1-16(25(33)30-26-28-21-6-4-5-7-22(21)37-26)36-27-29-23(17-8-12-19(34-2)13-9-17)24(31-32-27)18-10-14-20(35-3)15-11-18/h4-16H,1-3H3,(H,28,30,33). The van der Waals surface area contributed by atoms with Crippen LogP contribution in [0.1, 0.15) is 6.92 Å². The van der Waals surface area contributed by atoms with Gasteiger partial charge in [0, 0.05) is 11.1 Å². The molecule has 0 aliphatic carbocycles. The van der Waals surface area contributed by atoms with Crippen molar-refractivity contribution in [3.63, 3.8) is 0 Å². The van der Waals surface area contributed by atoms with Crippen molar-refractivity contribution < 1.29 is 14.3 Å². The molecule has 5 rings (SSSR count). The largest absolute Gasteiger partial charge is 0.497 e. The number of aromatic nitrogens is 4. The topological polar surface area (TPSA) is 99.1 Å². The third kappa shape index (κ3) is 5.55. The van der Waals surface area contributed by atoms with Gasteiger partial charge in [-0.2, -0.15) is 0 Å². The van der Waals surface area contributed by atoms with Crippen LogP contribution in [0.15, 0.2) is 78.0 Å². The maximum absolute atomic E-state index is 12.9. The lowest BCUT2D eigenvalue weighted by molar-refractivity contribution is -0.115. The first-order chi connectivity index (χ1) is 18.0. The Kier molecular flexibility index (Phi) is 7.29. The molecule has 186 valence electrons. The van der Waals surface area contributed by atoms with Crippen LogP contribution in [0.5, 0.6) is 11.5 Å². The lowest BCUT2D eigenvalue weighted by atomic mass is 10.0. The first-order valence-corrected chi connectivity index (χ1v) is 13.1. The number of thioether (sulfide) groups is 1. The number of thiazole rings is 1. The van der Waals surface area contributed by atoms with Crippen molar-refractivity contribution in [2.45, 2.75) is 17.3 Å². The van der Waals surface area contributed by atoms with Crippen molar-refractivity contribution in [3.8, 4) is 34.0 Å². The van der Waals surface area contributed by atoms with Gasteiger partial charge in [0.05, 0.1) is 29.7 Å². The molecule has 1 atom stereocenters. The molecule has 3 aromatic carbocycles. The Morgan fingerprint density at radius 1 is 0.838 bits per heavy atom. The van der Waals surface area contributed by atoms with Gasteiger partial charge < -0.3 is 14.8 Å². The summed E-state index contributed by atoms with van der Waals surface area (Å²) in [7, 11) is 3.25. The van der Waals surface area contributed by atoms with Crippen LogP contribution in [0.25, 0.3) is 32.7 Å². The van der Waals surface area contributed by atoms with Crippen molar-refractivity contribution in [1.82, 2.24) is 20.2 Å². The molecular weight excluding hydrogens is 506 g/mol. The van der Waals surface area contributed by atoms with Crippen LogP contribution in [0.3, 0.4) is 0 Å². The smallest absolute Gasteiger partial charge is 0.239 e. The molecule has 1 amide bonds. The zero-order chi connectivity index (χ0) is 25.8. The minimum absolute atomic E-state index is 0.183. The highest BCUT2D eigenvalue weighted by atomic mass is 32.2. The summed E-state index contributed by atoms with van der Waals surface area (Å²) in [6, 6.07) is 22.9. The molecule has 0 aliphatic heterocycles. The van der Waals surface area contributed by atoms with Crippen molar-refractivity contribution in [3.05, 3.63) is 72.8 Å². The van der Waals surface area contributed by atoms with E-state index < -0.39 is 5.25 Å². The second-order valence-electron chi connectivity index (χ2n) is 7.98. The first-order valence-electron chi connectivity index (χ1n) is 11.4. The Hall–Kier alpha value is -4.02. The third-order valence-electron chi connectivity index (χ3n) is 5.57. The van der Waals surface area contributed by atoms with Gasteiger partial charge in [0.15, 0.2) is 5.13 Å². The minimum atomic E-state index is -0.468. The zero-order valence-electron chi connectivity index (χ0n) is 20.3. The average molecular weight is 530 g/mol. The second-order valence-corrected chi connectivity index (χ2v) is 10.3. The van der Waals surface area contributed by atoms with Gasteiger partial charge in [0.1, 0.15) is 22.9 Å². The highest BCUT2D eigenvalue weighted by Crippen LogP contribution is 2.33. The molecule has 8 nitrogen and oxygen atoms in total. The van der Waals surface area contributed by atoms with Crippen LogP contribution < -0.4 is 14.8 Å². The molecular formula is C27H23N5O3S2. The van der Waals surface area contributed by atoms with Gasteiger partial charge in [-0.1, -0.05) is 35.2 Å². The lowest BCUT2D eigenvalue weighted by Crippen LogP contribution is -2.22. The molecule has 10 heteroatoms. The van der Waals surface area contributed by atoms with E-state index in [0.717, 1.165) is 32.8 Å². The van der Waals surface area contributed by atoms with Crippen molar-refractivity contribution in [2.75, 3.05) is 19.5 Å². The maximum Gasteiger partial charge on any atom is 0.239 e. The molecule has 5 aromatic rings. The molecule has 0 spiro atoms. The third-order valence-corrected chi connectivity index (χ3v) is 7.47. The molecule has 0 radical (unpaired) electrons. The molecule has 1 N–H and O–H groups in total. The average Bonchev–Trinajstić information content (AvgIpc) is 3.35. The summed E-state index contributed by atoms with van der Waals surface area (Å²) >= 11 is 2.68. The van der Waals surface area contributed by atoms with Crippen LogP contribution >= 0.6 is 23.1 Å². The number of ether oxygens (including phenoxy) is 2. The van der Waals surface area contributed by atoms with Gasteiger partial charge in [0.25, 0.3) is 0 Å². The first kappa shape index (κ1) is 24.7. The number of nitrogens with zero attached hydrogens (tertiary/aromatic N) is 4. The Bertz CT molecular complexity index is 1510. The predicted molar refractivity (Wildman–Crippen MR) is 147 cm³/mol. The molecule has 0 saturated carbocycles. The number of fused-ring (bicyclic) bond motifs is 1.